The predicted octanol–water partition coefficient (Wildman–Crippen LogP) is 2.11. The molecule has 1 aromatic rings. The first-order valence-electron chi connectivity index (χ1n) is 6.45. The summed E-state index contributed by atoms with van der Waals surface area (Å²) < 4.78 is 5.39. The van der Waals surface area contributed by atoms with Gasteiger partial charge >= 0.3 is 5.69 Å². The standard InChI is InChI=1S/C13H20N4O3/c1-13(2)10(7-11(13)20-3)15-8-5-4-6-9(16-14)12(8)17(18)19/h4-6,10-11,15-16H,7,14H2,1-3H3. The number of hydrazine groups is 1. The number of ether oxygens (including phenoxy) is 1. The van der Waals surface area contributed by atoms with Crippen LogP contribution in [-0.2, 0) is 4.74 Å². The second-order valence-corrected chi connectivity index (χ2v) is 5.58. The lowest BCUT2D eigenvalue weighted by molar-refractivity contribution is -0.383. The van der Waals surface area contributed by atoms with Gasteiger partial charge in [-0.1, -0.05) is 19.9 Å². The number of hydrogen-bond donors (Lipinski definition) is 3. The highest BCUT2D eigenvalue weighted by atomic mass is 16.6. The van der Waals surface area contributed by atoms with Crippen molar-refractivity contribution in [2.75, 3.05) is 17.9 Å². The summed E-state index contributed by atoms with van der Waals surface area (Å²) in [5.41, 5.74) is 3.01. The van der Waals surface area contributed by atoms with Crippen LogP contribution in [0, 0.1) is 15.5 Å². The molecule has 7 heteroatoms. The first kappa shape index (κ1) is 14.5. The van der Waals surface area contributed by atoms with E-state index >= 15 is 0 Å². The number of methoxy groups -OCH3 is 1. The SMILES string of the molecule is COC1CC(Nc2cccc(NN)c2[N+](=O)[O-])C1(C)C. The molecule has 110 valence electrons. The van der Waals surface area contributed by atoms with Crippen LogP contribution >= 0.6 is 0 Å². The lowest BCUT2D eigenvalue weighted by Crippen LogP contribution is -2.57. The van der Waals surface area contributed by atoms with E-state index in [2.05, 4.69) is 24.6 Å². The normalized spacial score (nSPS) is 23.8. The van der Waals surface area contributed by atoms with Crippen molar-refractivity contribution in [2.45, 2.75) is 32.4 Å². The number of nitrogens with two attached hydrogens (primary N) is 1. The molecule has 1 aliphatic carbocycles. The van der Waals surface area contributed by atoms with E-state index in [0.29, 0.717) is 11.4 Å². The zero-order valence-electron chi connectivity index (χ0n) is 11.8. The summed E-state index contributed by atoms with van der Waals surface area (Å²) >= 11 is 0. The molecule has 0 saturated heterocycles. The van der Waals surface area contributed by atoms with E-state index in [0.717, 1.165) is 6.42 Å². The maximum absolute atomic E-state index is 11.2. The highest BCUT2D eigenvalue weighted by molar-refractivity contribution is 5.76. The van der Waals surface area contributed by atoms with Gasteiger partial charge in [0.2, 0.25) is 0 Å². The first-order chi connectivity index (χ1) is 9.41. The number of nitrogen functional groups attached to an aromatic ring is 1. The van der Waals surface area contributed by atoms with Crippen LogP contribution in [0.1, 0.15) is 20.3 Å². The highest BCUT2D eigenvalue weighted by Crippen LogP contribution is 2.45. The Morgan fingerprint density at radius 3 is 2.60 bits per heavy atom. The zero-order valence-corrected chi connectivity index (χ0v) is 11.8. The van der Waals surface area contributed by atoms with Crippen LogP contribution in [0.15, 0.2) is 18.2 Å². The third-order valence-corrected chi connectivity index (χ3v) is 4.17. The topological polar surface area (TPSA) is 102 Å². The fraction of sp³-hybridized carbons (Fsp3) is 0.538. The van der Waals surface area contributed by atoms with Gasteiger partial charge in [0.25, 0.3) is 0 Å². The van der Waals surface area contributed by atoms with Gasteiger partial charge in [-0.3, -0.25) is 16.0 Å². The van der Waals surface area contributed by atoms with Crippen molar-refractivity contribution in [3.63, 3.8) is 0 Å². The van der Waals surface area contributed by atoms with Crippen LogP contribution in [0.25, 0.3) is 0 Å². The Hall–Kier alpha value is -1.86. The second-order valence-electron chi connectivity index (χ2n) is 5.58. The third kappa shape index (κ3) is 2.30. The maximum Gasteiger partial charge on any atom is 0.316 e. The van der Waals surface area contributed by atoms with Crippen LogP contribution in [0.5, 0.6) is 0 Å². The van der Waals surface area contributed by atoms with Gasteiger partial charge < -0.3 is 15.5 Å². The summed E-state index contributed by atoms with van der Waals surface area (Å²) in [6.45, 7) is 4.17. The van der Waals surface area contributed by atoms with E-state index in [1.165, 1.54) is 0 Å². The van der Waals surface area contributed by atoms with Crippen molar-refractivity contribution in [3.8, 4) is 0 Å². The Labute approximate surface area is 117 Å². The van der Waals surface area contributed by atoms with Crippen LogP contribution in [0.4, 0.5) is 17.1 Å². The average molecular weight is 280 g/mol. The number of nitrogens with one attached hydrogen (secondary N) is 2. The van der Waals surface area contributed by atoms with Gasteiger partial charge in [0.1, 0.15) is 11.4 Å². The second kappa shape index (κ2) is 5.26. The molecule has 0 aromatic heterocycles. The molecule has 0 amide bonds. The number of benzene rings is 1. The largest absolute Gasteiger partial charge is 0.381 e. The molecule has 2 unspecified atom stereocenters. The van der Waals surface area contributed by atoms with E-state index < -0.39 is 4.92 Å². The highest BCUT2D eigenvalue weighted by Gasteiger charge is 2.49. The fourth-order valence-corrected chi connectivity index (χ4v) is 2.69. The smallest absolute Gasteiger partial charge is 0.316 e. The molecule has 4 N–H and O–H groups in total. The monoisotopic (exact) mass is 280 g/mol. The van der Waals surface area contributed by atoms with Crippen molar-refractivity contribution < 1.29 is 9.66 Å². The number of rotatable bonds is 5. The minimum atomic E-state index is -0.434. The predicted molar refractivity (Wildman–Crippen MR) is 77.5 cm³/mol. The molecule has 7 nitrogen and oxygen atoms in total. The van der Waals surface area contributed by atoms with E-state index in [4.69, 9.17) is 10.6 Å². The molecule has 1 fully saturated rings. The average Bonchev–Trinajstić information content (AvgIpc) is 2.42. The molecule has 2 rings (SSSR count). The van der Waals surface area contributed by atoms with Gasteiger partial charge in [-0.05, 0) is 18.6 Å². The molecule has 1 saturated carbocycles. The summed E-state index contributed by atoms with van der Waals surface area (Å²) in [6, 6.07) is 5.12. The van der Waals surface area contributed by atoms with E-state index in [9.17, 15) is 10.1 Å². The number of para-hydroxylation sites is 1. The number of nitro benzene ring substituents is 1. The minimum absolute atomic E-state index is 0.0355. The lowest BCUT2D eigenvalue weighted by Gasteiger charge is -2.51. The van der Waals surface area contributed by atoms with Crippen molar-refractivity contribution in [1.29, 1.82) is 0 Å². The maximum atomic E-state index is 11.2. The number of nitrogens with zero attached hydrogens (tertiary/aromatic N) is 1. The molecular formula is C13H20N4O3. The van der Waals surface area contributed by atoms with Gasteiger partial charge in [-0.15, -0.1) is 0 Å². The fourth-order valence-electron chi connectivity index (χ4n) is 2.69. The Balaban J connectivity index is 2.25. The number of nitro groups is 1. The molecule has 0 radical (unpaired) electrons. The van der Waals surface area contributed by atoms with Gasteiger partial charge in [0.15, 0.2) is 0 Å². The summed E-state index contributed by atoms with van der Waals surface area (Å²) in [4.78, 5) is 10.8. The zero-order chi connectivity index (χ0) is 14.9. The van der Waals surface area contributed by atoms with E-state index in [-0.39, 0.29) is 23.2 Å². The van der Waals surface area contributed by atoms with Crippen LogP contribution < -0.4 is 16.6 Å². The van der Waals surface area contributed by atoms with Gasteiger partial charge in [-0.2, -0.15) is 0 Å². The summed E-state index contributed by atoms with van der Waals surface area (Å²) in [5, 5.41) is 14.5. The number of anilines is 2. The molecule has 0 bridgehead atoms. The molecule has 1 aliphatic rings. The molecule has 2 atom stereocenters. The molecule has 0 heterocycles. The summed E-state index contributed by atoms with van der Waals surface area (Å²) in [7, 11) is 1.68. The number of hydrogen-bond acceptors (Lipinski definition) is 6. The summed E-state index contributed by atoms with van der Waals surface area (Å²) in [6.07, 6.45) is 0.982. The Bertz CT molecular complexity index is 518. The molecule has 20 heavy (non-hydrogen) atoms. The quantitative estimate of drug-likeness (QED) is 0.433. The third-order valence-electron chi connectivity index (χ3n) is 4.17. The molecule has 0 aliphatic heterocycles. The Kier molecular flexibility index (Phi) is 3.82. The Morgan fingerprint density at radius 1 is 1.45 bits per heavy atom. The molecular weight excluding hydrogens is 260 g/mol. The first-order valence-corrected chi connectivity index (χ1v) is 6.45. The van der Waals surface area contributed by atoms with Crippen molar-refractivity contribution in [3.05, 3.63) is 28.3 Å². The minimum Gasteiger partial charge on any atom is -0.381 e. The van der Waals surface area contributed by atoms with Gasteiger partial charge in [-0.25, -0.2) is 0 Å². The molecule has 1 aromatic carbocycles. The lowest BCUT2D eigenvalue weighted by atomic mass is 9.64. The van der Waals surface area contributed by atoms with Crippen LogP contribution in [0.3, 0.4) is 0 Å². The van der Waals surface area contributed by atoms with Gasteiger partial charge in [0.05, 0.1) is 11.0 Å². The van der Waals surface area contributed by atoms with Crippen LogP contribution in [0.2, 0.25) is 0 Å². The molecule has 0 spiro atoms. The van der Waals surface area contributed by atoms with E-state index in [1.807, 2.05) is 0 Å². The van der Waals surface area contributed by atoms with E-state index in [1.54, 1.807) is 25.3 Å². The van der Waals surface area contributed by atoms with Crippen molar-refractivity contribution in [2.24, 2.45) is 11.3 Å². The van der Waals surface area contributed by atoms with Crippen LogP contribution in [-0.4, -0.2) is 24.2 Å². The van der Waals surface area contributed by atoms with Crippen molar-refractivity contribution in [1.82, 2.24) is 0 Å². The summed E-state index contributed by atoms with van der Waals surface area (Å²) in [5.74, 6) is 5.33. The van der Waals surface area contributed by atoms with Crippen molar-refractivity contribution >= 4 is 17.1 Å². The Morgan fingerprint density at radius 2 is 2.10 bits per heavy atom. The van der Waals surface area contributed by atoms with Gasteiger partial charge in [0, 0.05) is 18.6 Å².